The standard InChI is InChI=1S/C36H58N8O11/c1-18(2)13-24(40-28(47)16-38-32(50)26(41-30(48)20(5)37)15-23-11-9-8-10-12-23)34(52)44-29(22(7)46)35(53)39-21(6)31(49)42-25(14-19(3)4)33(51)43-27(17-45)36(54)55/h8-12,18-22,24-27,29,45-46H,13-17,37H2,1-7H3,(H,38,50)(H,39,53)(H,40,47)(H,41,48)(H,42,49)(H,43,51)(H,44,52)(H,54,55)/t20-,21-,22+,24-,25-,26-,27-,29-/m0/s1. The zero-order chi connectivity index (χ0) is 42.0. The van der Waals surface area contributed by atoms with Crippen LogP contribution in [0.3, 0.4) is 0 Å². The molecule has 0 bridgehead atoms. The van der Waals surface area contributed by atoms with E-state index in [4.69, 9.17) is 10.8 Å². The molecular weight excluding hydrogens is 720 g/mol. The minimum atomic E-state index is -1.60. The number of hydrogen-bond donors (Lipinski definition) is 11. The molecule has 0 heterocycles. The lowest BCUT2D eigenvalue weighted by atomic mass is 10.0. The number of aliphatic hydroxyl groups is 2. The van der Waals surface area contributed by atoms with Gasteiger partial charge in [-0.05, 0) is 51.0 Å². The SMILES string of the molecule is CC(C)C[C@H](NC(=O)CNC(=O)[C@H](Cc1ccccc1)NC(=O)[C@H](C)N)C(=O)N[C@H](C(=O)N[C@@H](C)C(=O)N[C@@H](CC(C)C)C(=O)N[C@@H](CO)C(=O)O)[C@@H](C)O. The Labute approximate surface area is 320 Å². The highest BCUT2D eigenvalue weighted by Crippen LogP contribution is 2.09. The van der Waals surface area contributed by atoms with Crippen molar-refractivity contribution < 1.29 is 53.7 Å². The lowest BCUT2D eigenvalue weighted by Gasteiger charge is -2.27. The second kappa shape index (κ2) is 23.6. The molecule has 0 aliphatic carbocycles. The quantitative estimate of drug-likeness (QED) is 0.0536. The van der Waals surface area contributed by atoms with Crippen molar-refractivity contribution in [3.8, 4) is 0 Å². The van der Waals surface area contributed by atoms with E-state index in [9.17, 15) is 48.6 Å². The van der Waals surface area contributed by atoms with E-state index in [-0.39, 0.29) is 31.1 Å². The summed E-state index contributed by atoms with van der Waals surface area (Å²) in [5.74, 6) is -7.28. The molecule has 7 amide bonds. The molecule has 0 fully saturated rings. The number of carboxylic acid groups (broad SMARTS) is 1. The van der Waals surface area contributed by atoms with Gasteiger partial charge in [0.1, 0.15) is 36.3 Å². The van der Waals surface area contributed by atoms with E-state index in [0.717, 1.165) is 5.56 Å². The van der Waals surface area contributed by atoms with Gasteiger partial charge in [0.05, 0.1) is 25.3 Å². The molecule has 1 aromatic rings. The Hall–Kier alpha value is -5.14. The van der Waals surface area contributed by atoms with Gasteiger partial charge in [-0.1, -0.05) is 58.0 Å². The largest absolute Gasteiger partial charge is 0.480 e. The minimum absolute atomic E-state index is 0.0907. The molecule has 0 unspecified atom stereocenters. The number of hydrogen-bond acceptors (Lipinski definition) is 11. The van der Waals surface area contributed by atoms with Crippen LogP contribution in [-0.4, -0.2) is 124 Å². The number of aliphatic hydroxyl groups excluding tert-OH is 2. The highest BCUT2D eigenvalue weighted by atomic mass is 16.4. The van der Waals surface area contributed by atoms with Crippen LogP contribution in [0.15, 0.2) is 30.3 Å². The van der Waals surface area contributed by atoms with E-state index < -0.39 is 109 Å². The van der Waals surface area contributed by atoms with Crippen LogP contribution in [0.5, 0.6) is 0 Å². The zero-order valence-corrected chi connectivity index (χ0v) is 32.4. The molecule has 19 heteroatoms. The molecule has 8 atom stereocenters. The molecule has 1 rings (SSSR count). The summed E-state index contributed by atoms with van der Waals surface area (Å²) in [5.41, 5.74) is 6.40. The summed E-state index contributed by atoms with van der Waals surface area (Å²) < 4.78 is 0. The molecule has 308 valence electrons. The van der Waals surface area contributed by atoms with Crippen LogP contribution in [0.1, 0.15) is 66.9 Å². The van der Waals surface area contributed by atoms with Crippen molar-refractivity contribution in [3.63, 3.8) is 0 Å². The Balaban J connectivity index is 2.99. The molecule has 12 N–H and O–H groups in total. The van der Waals surface area contributed by atoms with Crippen LogP contribution in [0.2, 0.25) is 0 Å². The lowest BCUT2D eigenvalue weighted by Crippen LogP contribution is -2.61. The van der Waals surface area contributed by atoms with Crippen LogP contribution in [0.4, 0.5) is 0 Å². The van der Waals surface area contributed by atoms with Crippen molar-refractivity contribution in [1.29, 1.82) is 0 Å². The zero-order valence-electron chi connectivity index (χ0n) is 32.4. The van der Waals surface area contributed by atoms with E-state index >= 15 is 0 Å². The van der Waals surface area contributed by atoms with Gasteiger partial charge in [0.2, 0.25) is 41.4 Å². The van der Waals surface area contributed by atoms with Gasteiger partial charge in [-0.25, -0.2) is 4.79 Å². The molecule has 55 heavy (non-hydrogen) atoms. The summed E-state index contributed by atoms with van der Waals surface area (Å²) in [4.78, 5) is 102. The molecule has 0 spiro atoms. The van der Waals surface area contributed by atoms with Gasteiger partial charge in [0.15, 0.2) is 0 Å². The summed E-state index contributed by atoms with van der Waals surface area (Å²) in [5, 5.41) is 45.8. The van der Waals surface area contributed by atoms with Gasteiger partial charge < -0.3 is 58.3 Å². The Morgan fingerprint density at radius 2 is 1.13 bits per heavy atom. The minimum Gasteiger partial charge on any atom is -0.480 e. The molecule has 0 saturated carbocycles. The van der Waals surface area contributed by atoms with Gasteiger partial charge in [-0.15, -0.1) is 0 Å². The highest BCUT2D eigenvalue weighted by molar-refractivity contribution is 5.97. The first kappa shape index (κ1) is 47.9. The van der Waals surface area contributed by atoms with Crippen molar-refractivity contribution in [2.45, 2.75) is 116 Å². The number of carboxylic acids is 1. The van der Waals surface area contributed by atoms with Crippen molar-refractivity contribution in [3.05, 3.63) is 35.9 Å². The maximum atomic E-state index is 13.4. The first-order valence-electron chi connectivity index (χ1n) is 18.1. The third-order valence-corrected chi connectivity index (χ3v) is 8.06. The van der Waals surface area contributed by atoms with E-state index in [0.29, 0.717) is 0 Å². The second-order valence-electron chi connectivity index (χ2n) is 14.2. The van der Waals surface area contributed by atoms with Gasteiger partial charge in [0, 0.05) is 6.42 Å². The van der Waals surface area contributed by atoms with Crippen molar-refractivity contribution in [2.24, 2.45) is 17.6 Å². The Morgan fingerprint density at radius 1 is 0.618 bits per heavy atom. The number of aliphatic carboxylic acids is 1. The number of rotatable bonds is 23. The van der Waals surface area contributed by atoms with E-state index in [1.165, 1.54) is 20.8 Å². The van der Waals surface area contributed by atoms with Gasteiger partial charge >= 0.3 is 5.97 Å². The summed E-state index contributed by atoms with van der Waals surface area (Å²) in [6.45, 7) is 9.59. The van der Waals surface area contributed by atoms with E-state index in [2.05, 4.69) is 37.2 Å². The molecule has 0 aliphatic rings. The lowest BCUT2D eigenvalue weighted by molar-refractivity contribution is -0.143. The van der Waals surface area contributed by atoms with Gasteiger partial charge in [-0.3, -0.25) is 33.6 Å². The third-order valence-electron chi connectivity index (χ3n) is 8.06. The van der Waals surface area contributed by atoms with Gasteiger partial charge in [0.25, 0.3) is 0 Å². The van der Waals surface area contributed by atoms with Crippen molar-refractivity contribution in [1.82, 2.24) is 37.2 Å². The Bertz CT molecular complexity index is 1470. The number of nitrogens with two attached hydrogens (primary N) is 1. The normalized spacial score (nSPS) is 15.5. The molecule has 1 aromatic carbocycles. The second-order valence-corrected chi connectivity index (χ2v) is 14.2. The number of benzene rings is 1. The summed E-state index contributed by atoms with van der Waals surface area (Å²) >= 11 is 0. The smallest absolute Gasteiger partial charge is 0.328 e. The van der Waals surface area contributed by atoms with Crippen LogP contribution in [0.25, 0.3) is 0 Å². The maximum absolute atomic E-state index is 13.4. The van der Waals surface area contributed by atoms with Crippen molar-refractivity contribution >= 4 is 47.3 Å². The fourth-order valence-corrected chi connectivity index (χ4v) is 5.09. The number of carbonyl (C=O) groups excluding carboxylic acids is 7. The fourth-order valence-electron chi connectivity index (χ4n) is 5.09. The monoisotopic (exact) mass is 778 g/mol. The predicted molar refractivity (Wildman–Crippen MR) is 199 cm³/mol. The molecule has 0 radical (unpaired) electrons. The number of amides is 7. The maximum Gasteiger partial charge on any atom is 0.328 e. The molecule has 0 saturated heterocycles. The number of nitrogens with one attached hydrogen (secondary N) is 7. The first-order chi connectivity index (χ1) is 25.7. The van der Waals surface area contributed by atoms with Crippen LogP contribution in [0, 0.1) is 11.8 Å². The topological polar surface area (TPSA) is 307 Å². The van der Waals surface area contributed by atoms with Crippen molar-refractivity contribution in [2.75, 3.05) is 13.2 Å². The first-order valence-corrected chi connectivity index (χ1v) is 18.1. The van der Waals surface area contributed by atoms with Gasteiger partial charge in [-0.2, -0.15) is 0 Å². The fraction of sp³-hybridized carbons (Fsp3) is 0.611. The number of carbonyl (C=O) groups is 8. The summed E-state index contributed by atoms with van der Waals surface area (Å²) in [6.07, 6.45) is -1.18. The van der Waals surface area contributed by atoms with E-state index in [1.54, 1.807) is 58.0 Å². The molecule has 19 nitrogen and oxygen atoms in total. The Kier molecular flexibility index (Phi) is 20.5. The average molecular weight is 779 g/mol. The Morgan fingerprint density at radius 3 is 1.62 bits per heavy atom. The van der Waals surface area contributed by atoms with Crippen LogP contribution >= 0.6 is 0 Å². The third kappa shape index (κ3) is 17.7. The average Bonchev–Trinajstić information content (AvgIpc) is 3.10. The van der Waals surface area contributed by atoms with Crippen LogP contribution < -0.4 is 43.0 Å². The molecule has 0 aromatic heterocycles. The highest BCUT2D eigenvalue weighted by Gasteiger charge is 2.33. The van der Waals surface area contributed by atoms with E-state index in [1.807, 2.05) is 0 Å². The summed E-state index contributed by atoms with van der Waals surface area (Å²) in [7, 11) is 0. The molecular formula is C36H58N8O11. The molecule has 0 aliphatic heterocycles. The summed E-state index contributed by atoms with van der Waals surface area (Å²) in [6, 6.07) is -0.0595. The predicted octanol–water partition coefficient (Wildman–Crippen LogP) is -2.83. The van der Waals surface area contributed by atoms with Crippen LogP contribution in [-0.2, 0) is 44.8 Å².